The van der Waals surface area contributed by atoms with Gasteiger partial charge in [-0.15, -0.1) is 0 Å². The minimum atomic E-state index is -3.82. The number of amides is 1. The van der Waals surface area contributed by atoms with Crippen molar-refractivity contribution in [3.63, 3.8) is 0 Å². The van der Waals surface area contributed by atoms with E-state index in [0.29, 0.717) is 13.0 Å². The number of hydrogen-bond acceptors (Lipinski definition) is 5. The molecule has 19 heavy (non-hydrogen) atoms. The first kappa shape index (κ1) is 17.9. The Balaban J connectivity index is 4.77. The van der Waals surface area contributed by atoms with Crippen LogP contribution in [0, 0.1) is 0 Å². The number of sulfone groups is 1. The number of ether oxygens (including phenoxy) is 1. The van der Waals surface area contributed by atoms with Gasteiger partial charge in [-0.2, -0.15) is 0 Å². The van der Waals surface area contributed by atoms with Crippen LogP contribution in [0.1, 0.15) is 39.5 Å². The lowest BCUT2D eigenvalue weighted by molar-refractivity contribution is -0.140. The number of esters is 1. The molecule has 0 aliphatic rings. The second-order valence-electron chi connectivity index (χ2n) is 4.31. The van der Waals surface area contributed by atoms with Gasteiger partial charge in [0.1, 0.15) is 5.75 Å². The summed E-state index contributed by atoms with van der Waals surface area (Å²) in [6, 6.07) is 0. The lowest BCUT2D eigenvalue weighted by Gasteiger charge is -2.15. The molecule has 112 valence electrons. The van der Waals surface area contributed by atoms with Gasteiger partial charge in [-0.1, -0.05) is 26.7 Å². The molecule has 6 nitrogen and oxygen atoms in total. The van der Waals surface area contributed by atoms with Crippen LogP contribution in [0.3, 0.4) is 0 Å². The van der Waals surface area contributed by atoms with Gasteiger partial charge in [-0.25, -0.2) is 8.42 Å². The lowest BCUT2D eigenvalue weighted by Crippen LogP contribution is -2.39. The highest BCUT2D eigenvalue weighted by Crippen LogP contribution is 2.13. The molecule has 0 radical (unpaired) electrons. The monoisotopic (exact) mass is 293 g/mol. The van der Waals surface area contributed by atoms with E-state index in [2.05, 4.69) is 10.1 Å². The van der Waals surface area contributed by atoms with Crippen molar-refractivity contribution in [1.82, 2.24) is 5.32 Å². The van der Waals surface area contributed by atoms with Crippen LogP contribution < -0.4 is 5.32 Å². The second-order valence-corrected chi connectivity index (χ2v) is 6.49. The summed E-state index contributed by atoms with van der Waals surface area (Å²) in [4.78, 5) is 23.0. The third kappa shape index (κ3) is 6.56. The number of carbonyl (C=O) groups is 2. The molecule has 0 aromatic rings. The molecule has 1 amide bonds. The smallest absolute Gasteiger partial charge is 0.324 e. The van der Waals surface area contributed by atoms with Crippen LogP contribution in [0.2, 0.25) is 0 Å². The van der Waals surface area contributed by atoms with Crippen molar-refractivity contribution in [3.8, 4) is 0 Å². The van der Waals surface area contributed by atoms with Gasteiger partial charge in [-0.3, -0.25) is 9.59 Å². The Hall–Kier alpha value is -1.11. The van der Waals surface area contributed by atoms with Crippen molar-refractivity contribution >= 4 is 21.7 Å². The van der Waals surface area contributed by atoms with Crippen molar-refractivity contribution in [3.05, 3.63) is 0 Å². The summed E-state index contributed by atoms with van der Waals surface area (Å²) in [5, 5.41) is 1.24. The first-order valence-corrected chi connectivity index (χ1v) is 8.16. The summed E-state index contributed by atoms with van der Waals surface area (Å²) >= 11 is 0. The van der Waals surface area contributed by atoms with Crippen LogP contribution in [0.15, 0.2) is 0 Å². The average Bonchev–Trinajstić information content (AvgIpc) is 2.35. The third-order valence-electron chi connectivity index (χ3n) is 2.62. The van der Waals surface area contributed by atoms with E-state index in [1.165, 1.54) is 0 Å². The summed E-state index contributed by atoms with van der Waals surface area (Å²) in [5.41, 5.74) is 0. The van der Waals surface area contributed by atoms with Crippen LogP contribution in [0.4, 0.5) is 0 Å². The fourth-order valence-corrected chi connectivity index (χ4v) is 3.15. The van der Waals surface area contributed by atoms with Gasteiger partial charge in [0.2, 0.25) is 5.91 Å². The number of hydrogen-bond donors (Lipinski definition) is 1. The Morgan fingerprint density at radius 2 is 1.84 bits per heavy atom. The maximum atomic E-state index is 12.0. The minimum Gasteiger partial charge on any atom is -0.468 e. The normalized spacial score (nSPS) is 12.8. The second kappa shape index (κ2) is 8.90. The zero-order chi connectivity index (χ0) is 14.9. The van der Waals surface area contributed by atoms with Gasteiger partial charge in [-0.05, 0) is 12.8 Å². The van der Waals surface area contributed by atoms with E-state index in [1.54, 1.807) is 0 Å². The molecule has 1 atom stereocenters. The van der Waals surface area contributed by atoms with Gasteiger partial charge >= 0.3 is 5.97 Å². The zero-order valence-electron chi connectivity index (χ0n) is 11.8. The van der Waals surface area contributed by atoms with Crippen LogP contribution in [-0.2, 0) is 24.2 Å². The number of unbranched alkanes of at least 4 members (excludes halogenated alkanes) is 1. The van der Waals surface area contributed by atoms with E-state index in [0.717, 1.165) is 20.0 Å². The predicted octanol–water partition coefficient (Wildman–Crippen LogP) is 0.659. The fourth-order valence-electron chi connectivity index (χ4n) is 1.56. The van der Waals surface area contributed by atoms with E-state index >= 15 is 0 Å². The Morgan fingerprint density at radius 3 is 2.32 bits per heavy atom. The molecule has 0 fully saturated rings. The van der Waals surface area contributed by atoms with E-state index in [4.69, 9.17) is 0 Å². The largest absolute Gasteiger partial charge is 0.468 e. The standard InChI is InChI=1S/C12H23NO5S/c1-4-6-7-10(12(15)18-3)19(16,17)9-11(14)13-8-5-2/h10H,4-9H2,1-3H3,(H,13,14). The highest BCUT2D eigenvalue weighted by molar-refractivity contribution is 7.93. The Labute approximate surface area is 114 Å². The van der Waals surface area contributed by atoms with E-state index < -0.39 is 32.7 Å². The van der Waals surface area contributed by atoms with E-state index in [-0.39, 0.29) is 6.42 Å². The molecular weight excluding hydrogens is 270 g/mol. The zero-order valence-corrected chi connectivity index (χ0v) is 12.6. The van der Waals surface area contributed by atoms with Crippen molar-refractivity contribution < 1.29 is 22.7 Å². The first-order valence-electron chi connectivity index (χ1n) is 6.45. The molecule has 0 aliphatic heterocycles. The Kier molecular flexibility index (Phi) is 8.38. The van der Waals surface area contributed by atoms with Crippen LogP contribution in [0.25, 0.3) is 0 Å². The molecule has 7 heteroatoms. The summed E-state index contributed by atoms with van der Waals surface area (Å²) in [5.74, 6) is -2.04. The molecule has 0 saturated heterocycles. The SMILES string of the molecule is CCCCC(C(=O)OC)S(=O)(=O)CC(=O)NCCC. The molecule has 1 unspecified atom stereocenters. The molecule has 0 aromatic carbocycles. The van der Waals surface area contributed by atoms with Gasteiger partial charge < -0.3 is 10.1 Å². The van der Waals surface area contributed by atoms with Gasteiger partial charge in [0.15, 0.2) is 15.1 Å². The average molecular weight is 293 g/mol. The number of nitrogens with one attached hydrogen (secondary N) is 1. The minimum absolute atomic E-state index is 0.187. The summed E-state index contributed by atoms with van der Waals surface area (Å²) in [6.45, 7) is 4.19. The molecule has 0 aromatic heterocycles. The van der Waals surface area contributed by atoms with E-state index in [9.17, 15) is 18.0 Å². The quantitative estimate of drug-likeness (QED) is 0.631. The molecule has 0 saturated carbocycles. The first-order chi connectivity index (χ1) is 8.88. The molecule has 0 aliphatic carbocycles. The molecule has 0 rings (SSSR count). The van der Waals surface area contributed by atoms with E-state index in [1.807, 2.05) is 13.8 Å². The molecule has 0 bridgehead atoms. The summed E-state index contributed by atoms with van der Waals surface area (Å²) in [6.07, 6.45) is 2.27. The van der Waals surface area contributed by atoms with Crippen LogP contribution >= 0.6 is 0 Å². The number of methoxy groups -OCH3 is 1. The molecule has 0 spiro atoms. The van der Waals surface area contributed by atoms with Crippen molar-refractivity contribution in [2.75, 3.05) is 19.4 Å². The molecule has 0 heterocycles. The molecular formula is C12H23NO5S. The highest BCUT2D eigenvalue weighted by Gasteiger charge is 2.34. The highest BCUT2D eigenvalue weighted by atomic mass is 32.2. The fraction of sp³-hybridized carbons (Fsp3) is 0.833. The topological polar surface area (TPSA) is 89.5 Å². The van der Waals surface area contributed by atoms with Crippen LogP contribution in [0.5, 0.6) is 0 Å². The maximum absolute atomic E-state index is 12.0. The van der Waals surface area contributed by atoms with Crippen molar-refractivity contribution in [1.29, 1.82) is 0 Å². The maximum Gasteiger partial charge on any atom is 0.324 e. The Morgan fingerprint density at radius 1 is 1.21 bits per heavy atom. The lowest BCUT2D eigenvalue weighted by atomic mass is 10.2. The number of rotatable bonds is 9. The van der Waals surface area contributed by atoms with Crippen molar-refractivity contribution in [2.24, 2.45) is 0 Å². The summed E-state index contributed by atoms with van der Waals surface area (Å²) < 4.78 is 28.6. The van der Waals surface area contributed by atoms with Gasteiger partial charge in [0.05, 0.1) is 7.11 Å². The number of carbonyl (C=O) groups excluding carboxylic acids is 2. The van der Waals surface area contributed by atoms with Gasteiger partial charge in [0.25, 0.3) is 0 Å². The predicted molar refractivity (Wildman–Crippen MR) is 72.4 cm³/mol. The molecule has 1 N–H and O–H groups in total. The van der Waals surface area contributed by atoms with Gasteiger partial charge in [0, 0.05) is 6.54 Å². The Bertz CT molecular complexity index is 391. The third-order valence-corrected chi connectivity index (χ3v) is 4.58. The van der Waals surface area contributed by atoms with Crippen LogP contribution in [-0.4, -0.2) is 45.0 Å². The van der Waals surface area contributed by atoms with Crippen molar-refractivity contribution in [2.45, 2.75) is 44.8 Å². The summed E-state index contributed by atoms with van der Waals surface area (Å²) in [7, 11) is -2.68.